The van der Waals surface area contributed by atoms with E-state index in [9.17, 15) is 13.2 Å². The van der Waals surface area contributed by atoms with E-state index in [2.05, 4.69) is 0 Å². The lowest BCUT2D eigenvalue weighted by atomic mass is 10.5. The van der Waals surface area contributed by atoms with Gasteiger partial charge < -0.3 is 4.90 Å². The highest BCUT2D eigenvalue weighted by atomic mass is 32.2. The zero-order valence-electron chi connectivity index (χ0n) is 7.65. The van der Waals surface area contributed by atoms with Gasteiger partial charge in [-0.15, -0.1) is 0 Å². The molecule has 0 aromatic rings. The Morgan fingerprint density at radius 3 is 2.38 bits per heavy atom. The molecule has 0 rings (SSSR count). The molecule has 0 heterocycles. The van der Waals surface area contributed by atoms with Crippen LogP contribution in [-0.2, 0) is 14.6 Å². The third-order valence-corrected chi connectivity index (χ3v) is 2.15. The van der Waals surface area contributed by atoms with Crippen molar-refractivity contribution in [3.05, 3.63) is 0 Å². The van der Waals surface area contributed by atoms with E-state index in [-0.39, 0.29) is 6.54 Å². The van der Waals surface area contributed by atoms with Gasteiger partial charge in [0.2, 0.25) is 5.91 Å². The molecule has 0 saturated carbocycles. The Morgan fingerprint density at radius 1 is 1.54 bits per heavy atom. The second-order valence-electron chi connectivity index (χ2n) is 2.64. The van der Waals surface area contributed by atoms with Gasteiger partial charge in [-0.1, -0.05) is 0 Å². The number of carbonyl (C=O) groups excluding carboxylic acids is 1. The molecule has 0 aliphatic carbocycles. The number of amides is 1. The van der Waals surface area contributed by atoms with Crippen LogP contribution >= 0.6 is 0 Å². The summed E-state index contributed by atoms with van der Waals surface area (Å²) < 4.78 is 21.5. The highest BCUT2D eigenvalue weighted by Gasteiger charge is 2.16. The Hall–Kier alpha value is -1.09. The van der Waals surface area contributed by atoms with Gasteiger partial charge in [-0.25, -0.2) is 8.42 Å². The van der Waals surface area contributed by atoms with Crippen LogP contribution in [0.1, 0.15) is 6.92 Å². The minimum absolute atomic E-state index is 0.0646. The van der Waals surface area contributed by atoms with Gasteiger partial charge in [0, 0.05) is 12.8 Å². The molecule has 0 atom stereocenters. The normalized spacial score (nSPS) is 10.5. The number of nitriles is 1. The number of nitrogens with zero attached hydrogens (tertiary/aromatic N) is 2. The van der Waals surface area contributed by atoms with E-state index in [0.717, 1.165) is 6.26 Å². The fourth-order valence-electron chi connectivity index (χ4n) is 0.777. The molecule has 0 bridgehead atoms. The lowest BCUT2D eigenvalue weighted by molar-refractivity contribution is -0.127. The van der Waals surface area contributed by atoms with Crippen molar-refractivity contribution in [1.82, 2.24) is 4.90 Å². The molecule has 13 heavy (non-hydrogen) atoms. The van der Waals surface area contributed by atoms with Crippen molar-refractivity contribution in [2.45, 2.75) is 6.92 Å². The molecular formula is C7H12N2O3S. The highest BCUT2D eigenvalue weighted by molar-refractivity contribution is 7.91. The van der Waals surface area contributed by atoms with Gasteiger partial charge in [-0.05, 0) is 6.92 Å². The summed E-state index contributed by atoms with van der Waals surface area (Å²) in [6.07, 6.45) is 0.991. The van der Waals surface area contributed by atoms with Crippen LogP contribution < -0.4 is 0 Å². The third kappa shape index (κ3) is 5.20. The minimum Gasteiger partial charge on any atom is -0.329 e. The predicted octanol–water partition coefficient (Wildman–Crippen LogP) is -0.597. The number of hydrogen-bond donors (Lipinski definition) is 0. The summed E-state index contributed by atoms with van der Waals surface area (Å²) in [7, 11) is -3.30. The molecule has 0 spiro atoms. The van der Waals surface area contributed by atoms with E-state index in [1.165, 1.54) is 4.90 Å². The van der Waals surface area contributed by atoms with Crippen molar-refractivity contribution in [1.29, 1.82) is 5.26 Å². The largest absolute Gasteiger partial charge is 0.329 e. The van der Waals surface area contributed by atoms with Crippen LogP contribution in [0.3, 0.4) is 0 Å². The zero-order valence-corrected chi connectivity index (χ0v) is 8.47. The Labute approximate surface area is 77.9 Å². The van der Waals surface area contributed by atoms with Crippen molar-refractivity contribution >= 4 is 15.7 Å². The summed E-state index contributed by atoms with van der Waals surface area (Å²) >= 11 is 0. The van der Waals surface area contributed by atoms with Crippen molar-refractivity contribution in [2.75, 3.05) is 25.1 Å². The van der Waals surface area contributed by atoms with Crippen molar-refractivity contribution in [2.24, 2.45) is 0 Å². The first kappa shape index (κ1) is 11.9. The van der Waals surface area contributed by atoms with E-state index in [1.807, 2.05) is 0 Å². The minimum atomic E-state index is -3.30. The second kappa shape index (κ2) is 4.82. The molecule has 0 N–H and O–H groups in total. The summed E-state index contributed by atoms with van der Waals surface area (Å²) in [5.41, 5.74) is 0. The van der Waals surface area contributed by atoms with E-state index in [4.69, 9.17) is 5.26 Å². The van der Waals surface area contributed by atoms with Gasteiger partial charge in [0.15, 0.2) is 9.84 Å². The van der Waals surface area contributed by atoms with Crippen LogP contribution in [0.4, 0.5) is 0 Å². The predicted molar refractivity (Wildman–Crippen MR) is 47.6 cm³/mol. The maximum atomic E-state index is 11.2. The Kier molecular flexibility index (Phi) is 4.42. The quantitative estimate of drug-likeness (QED) is 0.573. The molecule has 0 fully saturated rings. The fraction of sp³-hybridized carbons (Fsp3) is 0.714. The van der Waals surface area contributed by atoms with E-state index in [0.29, 0.717) is 6.54 Å². The third-order valence-electron chi connectivity index (χ3n) is 1.38. The molecule has 0 aromatic carbocycles. The van der Waals surface area contributed by atoms with Crippen molar-refractivity contribution in [3.63, 3.8) is 0 Å². The number of rotatable bonds is 4. The Morgan fingerprint density at radius 2 is 2.08 bits per heavy atom. The topological polar surface area (TPSA) is 78.2 Å². The lowest BCUT2D eigenvalue weighted by Crippen LogP contribution is -2.35. The SMILES string of the molecule is CCN(CC#N)C(=O)CS(C)(=O)=O. The standard InChI is InChI=1S/C7H12N2O3S/c1-3-9(5-4-8)7(10)6-13(2,11)12/h3,5-6H2,1-2H3. The zero-order chi connectivity index (χ0) is 10.5. The van der Waals surface area contributed by atoms with E-state index in [1.54, 1.807) is 13.0 Å². The fourth-order valence-corrected chi connectivity index (χ4v) is 1.41. The van der Waals surface area contributed by atoms with Crippen LogP contribution in [-0.4, -0.2) is 44.3 Å². The first-order valence-electron chi connectivity index (χ1n) is 3.73. The van der Waals surface area contributed by atoms with Crippen LogP contribution in [0.5, 0.6) is 0 Å². The number of carbonyl (C=O) groups is 1. The van der Waals surface area contributed by atoms with Gasteiger partial charge in [0.1, 0.15) is 12.3 Å². The summed E-state index contributed by atoms with van der Waals surface area (Å²) in [6.45, 7) is 1.98. The number of hydrogen-bond acceptors (Lipinski definition) is 4. The molecule has 0 radical (unpaired) electrons. The van der Waals surface area contributed by atoms with Gasteiger partial charge >= 0.3 is 0 Å². The Bertz CT molecular complexity index is 315. The average Bonchev–Trinajstić information content (AvgIpc) is 1.96. The van der Waals surface area contributed by atoms with Gasteiger partial charge in [0.25, 0.3) is 0 Å². The summed E-state index contributed by atoms with van der Waals surface area (Å²) in [6, 6.07) is 1.80. The van der Waals surface area contributed by atoms with Crippen molar-refractivity contribution in [3.8, 4) is 6.07 Å². The molecule has 0 unspecified atom stereocenters. The Balaban J connectivity index is 4.33. The van der Waals surface area contributed by atoms with E-state index >= 15 is 0 Å². The summed E-state index contributed by atoms with van der Waals surface area (Å²) in [5.74, 6) is -1.05. The summed E-state index contributed by atoms with van der Waals surface area (Å²) in [4.78, 5) is 12.4. The first-order valence-corrected chi connectivity index (χ1v) is 5.79. The molecule has 74 valence electrons. The molecule has 0 saturated heterocycles. The van der Waals surface area contributed by atoms with Crippen molar-refractivity contribution < 1.29 is 13.2 Å². The van der Waals surface area contributed by atoms with Crippen LogP contribution in [0, 0.1) is 11.3 Å². The van der Waals surface area contributed by atoms with Crippen LogP contribution in [0.25, 0.3) is 0 Å². The molecule has 0 aromatic heterocycles. The molecule has 6 heteroatoms. The molecular weight excluding hydrogens is 192 g/mol. The second-order valence-corrected chi connectivity index (χ2v) is 4.78. The maximum absolute atomic E-state index is 11.2. The first-order chi connectivity index (χ1) is 5.90. The molecule has 5 nitrogen and oxygen atoms in total. The van der Waals surface area contributed by atoms with Crippen LogP contribution in [0.2, 0.25) is 0 Å². The smallest absolute Gasteiger partial charge is 0.238 e. The van der Waals surface area contributed by atoms with Gasteiger partial charge in [-0.3, -0.25) is 4.79 Å². The highest BCUT2D eigenvalue weighted by Crippen LogP contribution is 1.92. The maximum Gasteiger partial charge on any atom is 0.238 e. The van der Waals surface area contributed by atoms with Gasteiger partial charge in [-0.2, -0.15) is 5.26 Å². The van der Waals surface area contributed by atoms with Crippen LogP contribution in [0.15, 0.2) is 0 Å². The molecule has 1 amide bonds. The lowest BCUT2D eigenvalue weighted by Gasteiger charge is -2.15. The number of sulfone groups is 1. The molecule has 0 aliphatic rings. The average molecular weight is 204 g/mol. The van der Waals surface area contributed by atoms with Gasteiger partial charge in [0.05, 0.1) is 6.07 Å². The van der Waals surface area contributed by atoms with E-state index < -0.39 is 21.5 Å². The monoisotopic (exact) mass is 204 g/mol. The molecule has 0 aliphatic heterocycles. The summed E-state index contributed by atoms with van der Waals surface area (Å²) in [5, 5.41) is 8.32.